The van der Waals surface area contributed by atoms with Crippen molar-refractivity contribution in [2.24, 2.45) is 5.41 Å². The van der Waals surface area contributed by atoms with Crippen LogP contribution in [0.5, 0.6) is 0 Å². The molecule has 0 radical (unpaired) electrons. The normalized spacial score (nSPS) is 17.7. The number of benzene rings is 3. The first kappa shape index (κ1) is 22.0. The molecule has 1 aliphatic rings. The molecule has 8 heteroatoms. The molecule has 1 heterocycles. The fraction of sp³-hybridized carbons (Fsp3) is 0.208. The standard InChI is InChI=1S/C24H22F2N2O3S/c1-24(2)13-16-10-15(23(29)30)7-9-20(16)27-22(24)14-6-8-19(26)21(11-14)28-32(31)18-5-3-4-17(25)12-18/h3-12,22,27-28H,13H2,1-2H3,(H,29,30). The summed E-state index contributed by atoms with van der Waals surface area (Å²) in [5.74, 6) is -2.07. The van der Waals surface area contributed by atoms with E-state index in [2.05, 4.69) is 10.0 Å². The Bertz CT molecular complexity index is 1230. The Morgan fingerprint density at radius 2 is 1.91 bits per heavy atom. The summed E-state index contributed by atoms with van der Waals surface area (Å²) in [6.45, 7) is 4.09. The molecule has 3 N–H and O–H groups in total. The van der Waals surface area contributed by atoms with Crippen LogP contribution in [0.15, 0.2) is 65.6 Å². The van der Waals surface area contributed by atoms with Gasteiger partial charge < -0.3 is 10.4 Å². The van der Waals surface area contributed by atoms with E-state index < -0.39 is 28.6 Å². The second-order valence-electron chi connectivity index (χ2n) is 8.49. The van der Waals surface area contributed by atoms with Crippen molar-refractivity contribution < 1.29 is 22.9 Å². The summed E-state index contributed by atoms with van der Waals surface area (Å²) in [6, 6.07) is 14.7. The van der Waals surface area contributed by atoms with Gasteiger partial charge in [-0.2, -0.15) is 0 Å². The number of hydrogen-bond donors (Lipinski definition) is 3. The topological polar surface area (TPSA) is 78.4 Å². The smallest absolute Gasteiger partial charge is 0.335 e. The quantitative estimate of drug-likeness (QED) is 0.472. The summed E-state index contributed by atoms with van der Waals surface area (Å²) in [4.78, 5) is 11.5. The fourth-order valence-corrected chi connectivity index (χ4v) is 4.93. The number of aromatic carboxylic acids is 1. The van der Waals surface area contributed by atoms with E-state index in [-0.39, 0.29) is 27.6 Å². The number of carboxylic acids is 1. The second kappa shape index (κ2) is 8.35. The molecule has 0 amide bonds. The monoisotopic (exact) mass is 456 g/mol. The third-order valence-electron chi connectivity index (χ3n) is 5.62. The van der Waals surface area contributed by atoms with Crippen LogP contribution in [0.25, 0.3) is 0 Å². The molecule has 2 atom stereocenters. The molecule has 0 aliphatic carbocycles. The van der Waals surface area contributed by atoms with Crippen LogP contribution in [0.2, 0.25) is 0 Å². The summed E-state index contributed by atoms with van der Waals surface area (Å²) < 4.78 is 43.2. The Balaban J connectivity index is 1.63. The van der Waals surface area contributed by atoms with Crippen molar-refractivity contribution in [2.45, 2.75) is 31.2 Å². The van der Waals surface area contributed by atoms with Gasteiger partial charge in [-0.15, -0.1) is 0 Å². The van der Waals surface area contributed by atoms with Crippen molar-refractivity contribution in [3.63, 3.8) is 0 Å². The van der Waals surface area contributed by atoms with E-state index in [1.54, 1.807) is 30.3 Å². The first-order valence-corrected chi connectivity index (χ1v) is 11.2. The summed E-state index contributed by atoms with van der Waals surface area (Å²) in [7, 11) is -1.84. The zero-order valence-corrected chi connectivity index (χ0v) is 18.3. The second-order valence-corrected chi connectivity index (χ2v) is 9.70. The molecule has 0 saturated carbocycles. The first-order valence-electron chi connectivity index (χ1n) is 10.0. The lowest BCUT2D eigenvalue weighted by atomic mass is 9.72. The summed E-state index contributed by atoms with van der Waals surface area (Å²) in [5, 5.41) is 12.7. The van der Waals surface area contributed by atoms with E-state index in [0.717, 1.165) is 22.9 Å². The molecule has 0 saturated heterocycles. The molecule has 0 bridgehead atoms. The number of fused-ring (bicyclic) bond motifs is 1. The minimum atomic E-state index is -1.84. The third kappa shape index (κ3) is 4.36. The SMILES string of the molecule is CC1(C)Cc2cc(C(=O)O)ccc2NC1c1ccc(F)c(NS(=O)c2cccc(F)c2)c1. The molecule has 5 nitrogen and oxygen atoms in total. The van der Waals surface area contributed by atoms with Crippen molar-refractivity contribution in [3.05, 3.63) is 89.0 Å². The fourth-order valence-electron chi connectivity index (χ4n) is 4.03. The first-order chi connectivity index (χ1) is 15.1. The van der Waals surface area contributed by atoms with Gasteiger partial charge in [0.1, 0.15) is 22.6 Å². The van der Waals surface area contributed by atoms with Crippen molar-refractivity contribution in [3.8, 4) is 0 Å². The van der Waals surface area contributed by atoms with E-state index in [4.69, 9.17) is 0 Å². The van der Waals surface area contributed by atoms with Gasteiger partial charge in [-0.3, -0.25) is 4.72 Å². The van der Waals surface area contributed by atoms with Gasteiger partial charge in [-0.05, 0) is 71.5 Å². The summed E-state index contributed by atoms with van der Waals surface area (Å²) in [5.41, 5.74) is 2.46. The number of carboxylic acid groups (broad SMARTS) is 1. The molecule has 2 unspecified atom stereocenters. The lowest BCUT2D eigenvalue weighted by molar-refractivity contribution is 0.0696. The van der Waals surface area contributed by atoms with Gasteiger partial charge >= 0.3 is 5.97 Å². The molecule has 3 aromatic carbocycles. The third-order valence-corrected chi connectivity index (χ3v) is 6.70. The average molecular weight is 457 g/mol. The van der Waals surface area contributed by atoms with Crippen LogP contribution in [0.3, 0.4) is 0 Å². The number of carbonyl (C=O) groups is 1. The van der Waals surface area contributed by atoms with Crippen molar-refractivity contribution >= 4 is 28.3 Å². The van der Waals surface area contributed by atoms with Gasteiger partial charge in [-0.25, -0.2) is 17.8 Å². The van der Waals surface area contributed by atoms with Gasteiger partial charge in [0.05, 0.1) is 22.2 Å². The lowest BCUT2D eigenvalue weighted by Crippen LogP contribution is -2.35. The van der Waals surface area contributed by atoms with Gasteiger partial charge in [0.15, 0.2) is 0 Å². The molecule has 4 rings (SSSR count). The number of nitrogens with one attached hydrogen (secondary N) is 2. The Morgan fingerprint density at radius 3 is 2.62 bits per heavy atom. The maximum absolute atomic E-state index is 14.5. The molecule has 0 fully saturated rings. The Labute approximate surface area is 187 Å². The molecule has 3 aromatic rings. The van der Waals surface area contributed by atoms with Crippen LogP contribution in [-0.4, -0.2) is 15.3 Å². The highest BCUT2D eigenvalue weighted by molar-refractivity contribution is 7.86. The highest BCUT2D eigenvalue weighted by Gasteiger charge is 2.36. The van der Waals surface area contributed by atoms with Gasteiger partial charge in [0.25, 0.3) is 0 Å². The highest BCUT2D eigenvalue weighted by Crippen LogP contribution is 2.45. The average Bonchev–Trinajstić information content (AvgIpc) is 2.73. The zero-order chi connectivity index (χ0) is 23.0. The van der Waals surface area contributed by atoms with Crippen LogP contribution in [-0.2, 0) is 17.4 Å². The van der Waals surface area contributed by atoms with Crippen molar-refractivity contribution in [2.75, 3.05) is 10.0 Å². The van der Waals surface area contributed by atoms with Crippen LogP contribution < -0.4 is 10.0 Å². The van der Waals surface area contributed by atoms with Crippen LogP contribution in [0.1, 0.15) is 41.4 Å². The van der Waals surface area contributed by atoms with Crippen LogP contribution in [0.4, 0.5) is 20.2 Å². The van der Waals surface area contributed by atoms with Crippen LogP contribution >= 0.6 is 0 Å². The van der Waals surface area contributed by atoms with Crippen molar-refractivity contribution in [1.82, 2.24) is 0 Å². The lowest BCUT2D eigenvalue weighted by Gasteiger charge is -2.41. The van der Waals surface area contributed by atoms with E-state index in [0.29, 0.717) is 6.42 Å². The Kier molecular flexibility index (Phi) is 5.73. The predicted octanol–water partition coefficient (Wildman–Crippen LogP) is 5.53. The molecule has 166 valence electrons. The van der Waals surface area contributed by atoms with E-state index >= 15 is 0 Å². The molecule has 1 aliphatic heterocycles. The molecule has 0 aromatic heterocycles. The van der Waals surface area contributed by atoms with Crippen LogP contribution in [0, 0.1) is 17.0 Å². The minimum Gasteiger partial charge on any atom is -0.478 e. The van der Waals surface area contributed by atoms with Gasteiger partial charge in [0.2, 0.25) is 0 Å². The molecular formula is C24H22F2N2O3S. The summed E-state index contributed by atoms with van der Waals surface area (Å²) in [6.07, 6.45) is 0.622. The van der Waals surface area contributed by atoms with Crippen molar-refractivity contribution in [1.29, 1.82) is 0 Å². The zero-order valence-electron chi connectivity index (χ0n) is 17.5. The maximum Gasteiger partial charge on any atom is 0.335 e. The van der Waals surface area contributed by atoms with Gasteiger partial charge in [0, 0.05) is 5.69 Å². The maximum atomic E-state index is 14.5. The Morgan fingerprint density at radius 1 is 1.12 bits per heavy atom. The number of halogens is 2. The summed E-state index contributed by atoms with van der Waals surface area (Å²) >= 11 is 0. The number of anilines is 2. The van der Waals surface area contributed by atoms with E-state index in [1.807, 2.05) is 13.8 Å². The predicted molar refractivity (Wildman–Crippen MR) is 120 cm³/mol. The highest BCUT2D eigenvalue weighted by atomic mass is 32.2. The number of hydrogen-bond acceptors (Lipinski definition) is 3. The minimum absolute atomic E-state index is 0.0507. The molecular weight excluding hydrogens is 434 g/mol. The van der Waals surface area contributed by atoms with Gasteiger partial charge in [-0.1, -0.05) is 26.0 Å². The number of rotatable bonds is 5. The largest absolute Gasteiger partial charge is 0.478 e. The molecule has 0 spiro atoms. The van der Waals surface area contributed by atoms with E-state index in [1.165, 1.54) is 24.3 Å². The Hall–Kier alpha value is -3.26. The molecule has 32 heavy (non-hydrogen) atoms. The van der Waals surface area contributed by atoms with E-state index in [9.17, 15) is 22.9 Å².